The summed E-state index contributed by atoms with van der Waals surface area (Å²) >= 11 is 0. The average molecular weight is 612 g/mol. The molecule has 0 bridgehead atoms. The fourth-order valence-electron chi connectivity index (χ4n) is 4.85. The van der Waals surface area contributed by atoms with Crippen molar-refractivity contribution < 1.29 is 31.9 Å². The van der Waals surface area contributed by atoms with Crippen LogP contribution in [0.4, 0.5) is 4.39 Å². The van der Waals surface area contributed by atoms with Gasteiger partial charge in [-0.1, -0.05) is 69.3 Å². The zero-order valence-corrected chi connectivity index (χ0v) is 25.8. The first kappa shape index (κ1) is 32.1. The van der Waals surface area contributed by atoms with E-state index < -0.39 is 45.0 Å². The number of nitrogens with zero attached hydrogens (tertiary/aromatic N) is 2. The maximum absolute atomic E-state index is 13.9. The summed E-state index contributed by atoms with van der Waals surface area (Å²) in [7, 11) is -0.788. The zero-order chi connectivity index (χ0) is 31.6. The molecule has 2 N–H and O–H groups in total. The average Bonchev–Trinajstić information content (AvgIpc) is 2.92. The van der Waals surface area contributed by atoms with Crippen molar-refractivity contribution in [3.63, 3.8) is 0 Å². The van der Waals surface area contributed by atoms with Gasteiger partial charge < -0.3 is 20.1 Å². The van der Waals surface area contributed by atoms with E-state index in [0.29, 0.717) is 11.3 Å². The fraction of sp³-hybridized carbons (Fsp3) is 0.375. The number of carbonyl (C=O) groups is 2. The van der Waals surface area contributed by atoms with Gasteiger partial charge >= 0.3 is 5.97 Å². The molecule has 4 rings (SSSR count). The van der Waals surface area contributed by atoms with Crippen LogP contribution in [0.1, 0.15) is 31.9 Å². The highest BCUT2D eigenvalue weighted by molar-refractivity contribution is 7.89. The Morgan fingerprint density at radius 1 is 1.00 bits per heavy atom. The van der Waals surface area contributed by atoms with E-state index in [1.165, 1.54) is 39.5 Å². The van der Waals surface area contributed by atoms with Gasteiger partial charge in [0.15, 0.2) is 11.7 Å². The van der Waals surface area contributed by atoms with Crippen molar-refractivity contribution in [2.75, 3.05) is 27.2 Å². The first-order chi connectivity index (χ1) is 20.1. The molecule has 9 nitrogen and oxygen atoms in total. The van der Waals surface area contributed by atoms with Crippen LogP contribution in [0, 0.1) is 11.2 Å². The van der Waals surface area contributed by atoms with E-state index in [4.69, 9.17) is 15.2 Å². The summed E-state index contributed by atoms with van der Waals surface area (Å²) in [5.74, 6) is -1.27. The summed E-state index contributed by atoms with van der Waals surface area (Å²) < 4.78 is 54.2. The second-order valence-electron chi connectivity index (χ2n) is 12.1. The maximum Gasteiger partial charge on any atom is 0.324 e. The number of sulfonamides is 1. The minimum atomic E-state index is -3.95. The summed E-state index contributed by atoms with van der Waals surface area (Å²) in [6.45, 7) is 5.40. The molecule has 230 valence electrons. The van der Waals surface area contributed by atoms with Crippen molar-refractivity contribution in [2.24, 2.45) is 11.1 Å². The van der Waals surface area contributed by atoms with Gasteiger partial charge in [0.2, 0.25) is 10.0 Å². The number of nitrogens with two attached hydrogens (primary N) is 1. The van der Waals surface area contributed by atoms with Crippen LogP contribution >= 0.6 is 0 Å². The Labute approximate surface area is 252 Å². The number of ether oxygens (including phenoxy) is 2. The molecule has 0 saturated carbocycles. The molecular formula is C32H38FN3O6S. The molecule has 1 heterocycles. The standard InChI is InChI=1S/C32H38FN3O6S/c1-31(2,3)28(29(37)35(4)5)41-30(38)27(34)18-22-11-9-16-26(17-22)43(39,40)36-20-32(21-36,23-12-7-6-8-13-23)42-25-15-10-14-24(33)19-25/h6-17,19,27-28H,18,20-21,34H2,1-5H3/t27-,28-/m0/s1. The molecule has 2 atom stereocenters. The van der Waals surface area contributed by atoms with E-state index in [1.807, 2.05) is 30.3 Å². The smallest absolute Gasteiger partial charge is 0.324 e. The third-order valence-corrected chi connectivity index (χ3v) is 9.04. The molecule has 1 fully saturated rings. The van der Waals surface area contributed by atoms with Crippen molar-refractivity contribution in [1.29, 1.82) is 0 Å². The Morgan fingerprint density at radius 2 is 1.65 bits per heavy atom. The van der Waals surface area contributed by atoms with Crippen LogP contribution in [0.3, 0.4) is 0 Å². The number of hydrogen-bond acceptors (Lipinski definition) is 7. The molecule has 0 unspecified atom stereocenters. The molecule has 43 heavy (non-hydrogen) atoms. The van der Waals surface area contributed by atoms with Gasteiger partial charge in [-0.05, 0) is 41.8 Å². The van der Waals surface area contributed by atoms with Gasteiger partial charge in [0.1, 0.15) is 17.6 Å². The second kappa shape index (κ2) is 12.4. The lowest BCUT2D eigenvalue weighted by atomic mass is 9.87. The van der Waals surface area contributed by atoms with Gasteiger partial charge in [-0.25, -0.2) is 12.8 Å². The first-order valence-corrected chi connectivity index (χ1v) is 15.3. The van der Waals surface area contributed by atoms with Crippen LogP contribution in [-0.4, -0.2) is 68.8 Å². The zero-order valence-electron chi connectivity index (χ0n) is 25.0. The van der Waals surface area contributed by atoms with Crippen molar-refractivity contribution in [3.8, 4) is 5.75 Å². The van der Waals surface area contributed by atoms with Gasteiger partial charge in [0.25, 0.3) is 5.91 Å². The van der Waals surface area contributed by atoms with Crippen molar-refractivity contribution in [2.45, 2.75) is 49.8 Å². The molecule has 0 radical (unpaired) electrons. The largest absolute Gasteiger partial charge is 0.480 e. The Hall–Kier alpha value is -3.80. The van der Waals surface area contributed by atoms with Crippen LogP contribution in [0.5, 0.6) is 5.75 Å². The molecule has 1 aliphatic rings. The summed E-state index contributed by atoms with van der Waals surface area (Å²) in [6, 6.07) is 20.0. The molecular weight excluding hydrogens is 573 g/mol. The Kier molecular flexibility index (Phi) is 9.29. The third-order valence-electron chi connectivity index (χ3n) is 7.25. The minimum Gasteiger partial charge on any atom is -0.480 e. The number of likely N-dealkylation sites (N-methyl/N-ethyl adjacent to an activating group) is 1. The van der Waals surface area contributed by atoms with Crippen LogP contribution in [0.2, 0.25) is 0 Å². The Morgan fingerprint density at radius 3 is 2.26 bits per heavy atom. The van der Waals surface area contributed by atoms with E-state index >= 15 is 0 Å². The summed E-state index contributed by atoms with van der Waals surface area (Å²) in [5, 5.41) is 0. The van der Waals surface area contributed by atoms with Crippen LogP contribution in [0.15, 0.2) is 83.8 Å². The minimum absolute atomic E-state index is 0.00580. The molecule has 1 saturated heterocycles. The van der Waals surface area contributed by atoms with Gasteiger partial charge in [-0.2, -0.15) is 4.31 Å². The predicted octanol–water partition coefficient (Wildman–Crippen LogP) is 3.72. The molecule has 11 heteroatoms. The van der Waals surface area contributed by atoms with E-state index in [1.54, 1.807) is 53.1 Å². The van der Waals surface area contributed by atoms with Crippen molar-refractivity contribution in [3.05, 3.63) is 95.8 Å². The predicted molar refractivity (Wildman–Crippen MR) is 160 cm³/mol. The number of amides is 1. The van der Waals surface area contributed by atoms with Crippen LogP contribution in [0.25, 0.3) is 0 Å². The number of esters is 1. The van der Waals surface area contributed by atoms with E-state index in [-0.39, 0.29) is 30.3 Å². The Bertz CT molecular complexity index is 1570. The first-order valence-electron chi connectivity index (χ1n) is 13.9. The molecule has 0 spiro atoms. The van der Waals surface area contributed by atoms with E-state index in [0.717, 1.165) is 5.56 Å². The van der Waals surface area contributed by atoms with Crippen molar-refractivity contribution >= 4 is 21.9 Å². The lowest BCUT2D eigenvalue weighted by molar-refractivity contribution is -0.167. The van der Waals surface area contributed by atoms with Crippen LogP contribution < -0.4 is 10.5 Å². The van der Waals surface area contributed by atoms with Gasteiger partial charge in [0.05, 0.1) is 18.0 Å². The lowest BCUT2D eigenvalue weighted by Crippen LogP contribution is -2.64. The lowest BCUT2D eigenvalue weighted by Gasteiger charge is -2.48. The quantitative estimate of drug-likeness (QED) is 0.347. The van der Waals surface area contributed by atoms with Gasteiger partial charge in [0, 0.05) is 25.6 Å². The number of carbonyl (C=O) groups excluding carboxylic acids is 2. The molecule has 0 aliphatic carbocycles. The summed E-state index contributed by atoms with van der Waals surface area (Å²) in [4.78, 5) is 26.9. The SMILES string of the molecule is CN(C)C(=O)[C@H](OC(=O)[C@@H](N)Cc1cccc(S(=O)(=O)N2CC(Oc3cccc(F)c3)(c3ccccc3)C2)c1)C(C)(C)C. The number of rotatable bonds is 10. The molecule has 1 amide bonds. The molecule has 1 aliphatic heterocycles. The molecule has 3 aromatic rings. The van der Waals surface area contributed by atoms with E-state index in [2.05, 4.69) is 0 Å². The topological polar surface area (TPSA) is 119 Å². The highest BCUT2D eigenvalue weighted by Crippen LogP contribution is 2.40. The van der Waals surface area contributed by atoms with E-state index in [9.17, 15) is 22.4 Å². The number of hydrogen-bond donors (Lipinski definition) is 1. The highest BCUT2D eigenvalue weighted by Gasteiger charge is 2.52. The second-order valence-corrected chi connectivity index (χ2v) is 14.0. The Balaban J connectivity index is 1.49. The third kappa shape index (κ3) is 7.23. The number of halogens is 1. The fourth-order valence-corrected chi connectivity index (χ4v) is 6.46. The monoisotopic (exact) mass is 611 g/mol. The van der Waals surface area contributed by atoms with Gasteiger partial charge in [-0.15, -0.1) is 0 Å². The van der Waals surface area contributed by atoms with Crippen molar-refractivity contribution in [1.82, 2.24) is 9.21 Å². The summed E-state index contributed by atoms with van der Waals surface area (Å²) in [6.07, 6.45) is -1.02. The molecule has 0 aromatic heterocycles. The summed E-state index contributed by atoms with van der Waals surface area (Å²) in [5.41, 5.74) is 5.78. The van der Waals surface area contributed by atoms with Crippen LogP contribution in [-0.2, 0) is 36.4 Å². The maximum atomic E-state index is 13.9. The van der Waals surface area contributed by atoms with Gasteiger partial charge in [-0.3, -0.25) is 9.59 Å². The normalized spacial score (nSPS) is 16.4. The molecule has 3 aromatic carbocycles. The highest BCUT2D eigenvalue weighted by atomic mass is 32.2. The number of benzene rings is 3.